The van der Waals surface area contributed by atoms with E-state index in [1.54, 1.807) is 0 Å². The van der Waals surface area contributed by atoms with Gasteiger partial charge in [0.1, 0.15) is 0 Å². The summed E-state index contributed by atoms with van der Waals surface area (Å²) in [5.41, 5.74) is 0.842. The molecule has 0 aromatic heterocycles. The second-order valence-electron chi connectivity index (χ2n) is 7.09. The number of para-hydroxylation sites is 1. The number of rotatable bonds is 7. The average molecular weight is 393 g/mol. The van der Waals surface area contributed by atoms with E-state index in [0.29, 0.717) is 19.5 Å². The van der Waals surface area contributed by atoms with Gasteiger partial charge >= 0.3 is 0 Å². The molecule has 0 radical (unpaired) electrons. The molecule has 2 aliphatic heterocycles. The van der Waals surface area contributed by atoms with Crippen LogP contribution < -0.4 is 5.32 Å². The fraction of sp³-hybridized carbons (Fsp3) is 0.600. The van der Waals surface area contributed by atoms with E-state index in [1.165, 1.54) is 18.6 Å². The van der Waals surface area contributed by atoms with Gasteiger partial charge in [-0.15, -0.1) is 0 Å². The topological polar surface area (TPSA) is 49.4 Å². The van der Waals surface area contributed by atoms with Crippen LogP contribution in [0.2, 0.25) is 0 Å². The predicted molar refractivity (Wildman–Crippen MR) is 111 cm³/mol. The number of carbonyl (C=O) groups is 2. The number of anilines is 1. The van der Waals surface area contributed by atoms with Crippen LogP contribution in [0, 0.1) is 5.92 Å². The Morgan fingerprint density at radius 1 is 1.08 bits per heavy atom. The molecule has 4 nitrogen and oxygen atoms in total. The van der Waals surface area contributed by atoms with Crippen LogP contribution in [0.15, 0.2) is 30.3 Å². The van der Waals surface area contributed by atoms with E-state index in [4.69, 9.17) is 0 Å². The van der Waals surface area contributed by atoms with E-state index in [-0.39, 0.29) is 17.7 Å². The number of hydrogen-bond acceptors (Lipinski definition) is 4. The van der Waals surface area contributed by atoms with Crippen LogP contribution in [-0.4, -0.2) is 40.8 Å². The van der Waals surface area contributed by atoms with Crippen molar-refractivity contribution in [3.63, 3.8) is 0 Å². The van der Waals surface area contributed by atoms with Gasteiger partial charge in [0, 0.05) is 42.1 Å². The number of amides is 2. The lowest BCUT2D eigenvalue weighted by Crippen LogP contribution is -2.41. The summed E-state index contributed by atoms with van der Waals surface area (Å²) in [6, 6.07) is 9.58. The van der Waals surface area contributed by atoms with E-state index < -0.39 is 0 Å². The fourth-order valence-corrected chi connectivity index (χ4v) is 6.56. The normalized spacial score (nSPS) is 20.9. The summed E-state index contributed by atoms with van der Waals surface area (Å²) in [7, 11) is 4.00. The molecule has 0 saturated carbocycles. The van der Waals surface area contributed by atoms with Crippen molar-refractivity contribution in [3.8, 4) is 0 Å². The third-order valence-corrected chi connectivity index (χ3v) is 8.16. The van der Waals surface area contributed by atoms with Crippen molar-refractivity contribution >= 4 is 39.1 Å². The summed E-state index contributed by atoms with van der Waals surface area (Å²) >= 11 is 0. The Bertz CT molecular complexity index is 583. The first-order chi connectivity index (χ1) is 12.7. The van der Waals surface area contributed by atoms with Crippen molar-refractivity contribution in [1.82, 2.24) is 4.90 Å². The fourth-order valence-electron chi connectivity index (χ4n) is 3.53. The number of hydrogen-bond donors (Lipinski definition) is 1. The Hall–Kier alpha value is -1.14. The Kier molecular flexibility index (Phi) is 7.74. The molecule has 1 N–H and O–H groups in total. The quantitative estimate of drug-likeness (QED) is 0.545. The van der Waals surface area contributed by atoms with E-state index in [0.717, 1.165) is 36.6 Å². The van der Waals surface area contributed by atoms with Gasteiger partial charge in [-0.2, -0.15) is 0 Å². The van der Waals surface area contributed by atoms with Gasteiger partial charge in [0.05, 0.1) is 0 Å². The highest BCUT2D eigenvalue weighted by molar-refractivity contribution is 8.77. The summed E-state index contributed by atoms with van der Waals surface area (Å²) in [5, 5.41) is 3.78. The highest BCUT2D eigenvalue weighted by atomic mass is 33.1. The Balaban J connectivity index is 1.32. The molecule has 2 amide bonds. The molecule has 1 aromatic rings. The smallest absolute Gasteiger partial charge is 0.227 e. The summed E-state index contributed by atoms with van der Waals surface area (Å²) in [6.45, 7) is 1.42. The lowest BCUT2D eigenvalue weighted by atomic mass is 9.95. The first-order valence-electron chi connectivity index (χ1n) is 9.64. The largest absolute Gasteiger partial charge is 0.343 e. The molecule has 142 valence electrons. The maximum Gasteiger partial charge on any atom is 0.227 e. The van der Waals surface area contributed by atoms with Crippen molar-refractivity contribution in [1.29, 1.82) is 0 Å². The Morgan fingerprint density at radius 2 is 1.85 bits per heavy atom. The predicted octanol–water partition coefficient (Wildman–Crippen LogP) is 4.58. The zero-order chi connectivity index (χ0) is 18.2. The van der Waals surface area contributed by atoms with Gasteiger partial charge in [-0.05, 0) is 44.2 Å². The van der Waals surface area contributed by atoms with Gasteiger partial charge in [0.2, 0.25) is 11.8 Å². The second kappa shape index (κ2) is 10.3. The summed E-state index contributed by atoms with van der Waals surface area (Å²) in [5.74, 6) is 1.63. The van der Waals surface area contributed by atoms with Crippen LogP contribution >= 0.6 is 21.6 Å². The summed E-state index contributed by atoms with van der Waals surface area (Å²) < 4.78 is 0. The summed E-state index contributed by atoms with van der Waals surface area (Å²) in [6.07, 6.45) is 6.90. The monoisotopic (exact) mass is 392 g/mol. The number of nitrogens with zero attached hydrogens (tertiary/aromatic N) is 1. The lowest BCUT2D eigenvalue weighted by molar-refractivity contribution is -0.134. The third kappa shape index (κ3) is 5.95. The zero-order valence-electron chi connectivity index (χ0n) is 15.2. The summed E-state index contributed by atoms with van der Waals surface area (Å²) in [4.78, 5) is 26.7. The van der Waals surface area contributed by atoms with Crippen LogP contribution in [0.3, 0.4) is 0 Å². The van der Waals surface area contributed by atoms with Gasteiger partial charge in [0.25, 0.3) is 0 Å². The molecule has 6 heteroatoms. The SMILES string of the molecule is O=C(Nc1ccccc1)C1CCN(C(=O)CCCCC2CCSS2)CC1. The third-order valence-electron chi connectivity index (χ3n) is 5.15. The zero-order valence-corrected chi connectivity index (χ0v) is 16.8. The molecular weight excluding hydrogens is 364 g/mol. The number of nitrogens with one attached hydrogen (secondary N) is 1. The molecule has 0 spiro atoms. The molecule has 26 heavy (non-hydrogen) atoms. The van der Waals surface area contributed by atoms with Crippen molar-refractivity contribution < 1.29 is 9.59 Å². The number of piperidine rings is 1. The molecule has 0 bridgehead atoms. The van der Waals surface area contributed by atoms with Crippen molar-refractivity contribution in [3.05, 3.63) is 30.3 Å². The van der Waals surface area contributed by atoms with Crippen LogP contribution in [0.5, 0.6) is 0 Å². The molecule has 2 fully saturated rings. The van der Waals surface area contributed by atoms with Gasteiger partial charge in [-0.1, -0.05) is 46.2 Å². The van der Waals surface area contributed by atoms with E-state index >= 15 is 0 Å². The van der Waals surface area contributed by atoms with Gasteiger partial charge in [-0.3, -0.25) is 9.59 Å². The highest BCUT2D eigenvalue weighted by Crippen LogP contribution is 2.39. The maximum absolute atomic E-state index is 12.4. The minimum Gasteiger partial charge on any atom is -0.343 e. The number of likely N-dealkylation sites (tertiary alicyclic amines) is 1. The van der Waals surface area contributed by atoms with Gasteiger partial charge < -0.3 is 10.2 Å². The molecule has 1 unspecified atom stereocenters. The lowest BCUT2D eigenvalue weighted by Gasteiger charge is -2.31. The van der Waals surface area contributed by atoms with Crippen LogP contribution in [-0.2, 0) is 9.59 Å². The van der Waals surface area contributed by atoms with Crippen LogP contribution in [0.1, 0.15) is 44.9 Å². The van der Waals surface area contributed by atoms with Gasteiger partial charge in [0.15, 0.2) is 0 Å². The number of unbranched alkanes of at least 4 members (excludes halogenated alkanes) is 1. The number of carbonyl (C=O) groups excluding carboxylic acids is 2. The van der Waals surface area contributed by atoms with Crippen LogP contribution in [0.25, 0.3) is 0 Å². The average Bonchev–Trinajstić information content (AvgIpc) is 3.19. The Labute approximate surface area is 164 Å². The first-order valence-corrected chi connectivity index (χ1v) is 12.0. The molecular formula is C20H28N2O2S2. The minimum absolute atomic E-state index is 0.0103. The highest BCUT2D eigenvalue weighted by Gasteiger charge is 2.27. The Morgan fingerprint density at radius 3 is 2.54 bits per heavy atom. The maximum atomic E-state index is 12.4. The van der Waals surface area contributed by atoms with Gasteiger partial charge in [-0.25, -0.2) is 0 Å². The number of benzene rings is 1. The minimum atomic E-state index is 0.0103. The molecule has 1 atom stereocenters. The molecule has 2 saturated heterocycles. The molecule has 3 rings (SSSR count). The molecule has 1 aromatic carbocycles. The van der Waals surface area contributed by atoms with Crippen molar-refractivity contribution in [2.75, 3.05) is 24.2 Å². The van der Waals surface area contributed by atoms with E-state index in [2.05, 4.69) is 5.32 Å². The van der Waals surface area contributed by atoms with Crippen LogP contribution in [0.4, 0.5) is 5.69 Å². The first kappa shape index (κ1) is 19.6. The molecule has 2 aliphatic rings. The molecule has 2 heterocycles. The van der Waals surface area contributed by atoms with Crippen molar-refractivity contribution in [2.24, 2.45) is 5.92 Å². The molecule has 0 aliphatic carbocycles. The van der Waals surface area contributed by atoms with Crippen molar-refractivity contribution in [2.45, 2.75) is 50.2 Å². The van der Waals surface area contributed by atoms with E-state index in [9.17, 15) is 9.59 Å². The second-order valence-corrected chi connectivity index (χ2v) is 9.87. The van der Waals surface area contributed by atoms with E-state index in [1.807, 2.05) is 56.8 Å². The standard InChI is InChI=1S/C20H28N2O2S2/c23-19(9-5-4-8-18-12-15-25-26-18)22-13-10-16(11-14-22)20(24)21-17-6-2-1-3-7-17/h1-3,6-7,16,18H,4-5,8-15H2,(H,21,24).